The molecule has 3 heterocycles. The lowest BCUT2D eigenvalue weighted by atomic mass is 9.97. The Morgan fingerprint density at radius 1 is 1.40 bits per heavy atom. The number of carbonyl (C=O) groups excluding carboxylic acids is 1. The number of aryl methyl sites for hydroxylation is 2. The molecule has 2 saturated heterocycles. The van der Waals surface area contributed by atoms with Crippen molar-refractivity contribution in [1.82, 2.24) is 25.3 Å². The van der Waals surface area contributed by atoms with Crippen LogP contribution in [0.2, 0.25) is 0 Å². The first-order valence-electron chi connectivity index (χ1n) is 8.96. The second-order valence-electron chi connectivity index (χ2n) is 7.11. The van der Waals surface area contributed by atoms with Crippen molar-refractivity contribution in [3.63, 3.8) is 0 Å². The number of amides is 1. The molecule has 1 amide bonds. The second-order valence-corrected chi connectivity index (χ2v) is 7.90. The van der Waals surface area contributed by atoms with Gasteiger partial charge in [0, 0.05) is 26.7 Å². The topological polar surface area (TPSA) is 62.2 Å². The van der Waals surface area contributed by atoms with Crippen molar-refractivity contribution < 1.29 is 4.79 Å². The number of halogens is 2. The molecule has 25 heavy (non-hydrogen) atoms. The molecule has 6 nitrogen and oxygen atoms in total. The Balaban J connectivity index is 0.00000225. The highest BCUT2D eigenvalue weighted by molar-refractivity contribution is 9.10. The van der Waals surface area contributed by atoms with E-state index in [9.17, 15) is 4.79 Å². The molecular weight excluding hydrogens is 406 g/mol. The van der Waals surface area contributed by atoms with Crippen LogP contribution in [-0.4, -0.2) is 52.8 Å². The maximum atomic E-state index is 12.1. The van der Waals surface area contributed by atoms with Gasteiger partial charge in [0.15, 0.2) is 0 Å². The van der Waals surface area contributed by atoms with E-state index in [1.807, 2.05) is 18.7 Å². The Morgan fingerprint density at radius 2 is 2.20 bits per heavy atom. The molecular formula is C17H29BrClN5O. The van der Waals surface area contributed by atoms with E-state index in [-0.39, 0.29) is 24.4 Å². The molecule has 1 aromatic rings. The summed E-state index contributed by atoms with van der Waals surface area (Å²) in [4.78, 5) is 14.6. The normalized spacial score (nSPS) is 24.1. The van der Waals surface area contributed by atoms with Gasteiger partial charge in [-0.3, -0.25) is 14.4 Å². The van der Waals surface area contributed by atoms with Crippen LogP contribution in [0.25, 0.3) is 0 Å². The van der Waals surface area contributed by atoms with Crippen LogP contribution < -0.4 is 10.6 Å². The molecule has 0 aliphatic carbocycles. The van der Waals surface area contributed by atoms with Gasteiger partial charge < -0.3 is 10.6 Å². The van der Waals surface area contributed by atoms with Gasteiger partial charge in [0.25, 0.3) is 0 Å². The highest BCUT2D eigenvalue weighted by atomic mass is 79.9. The largest absolute Gasteiger partial charge is 0.354 e. The molecule has 2 N–H and O–H groups in total. The van der Waals surface area contributed by atoms with Crippen LogP contribution in [0.5, 0.6) is 0 Å². The lowest BCUT2D eigenvalue weighted by Gasteiger charge is -2.33. The van der Waals surface area contributed by atoms with Crippen molar-refractivity contribution in [2.75, 3.05) is 26.2 Å². The zero-order chi connectivity index (χ0) is 17.1. The van der Waals surface area contributed by atoms with Crippen LogP contribution in [0.15, 0.2) is 4.47 Å². The van der Waals surface area contributed by atoms with Crippen LogP contribution in [0.1, 0.15) is 37.1 Å². The summed E-state index contributed by atoms with van der Waals surface area (Å²) in [5.74, 6) is 0.715. The average molecular weight is 435 g/mol. The Bertz CT molecular complexity index is 588. The van der Waals surface area contributed by atoms with Crippen molar-refractivity contribution in [2.24, 2.45) is 13.0 Å². The smallest absolute Gasteiger partial charge is 0.237 e. The number of likely N-dealkylation sites (tertiary alicyclic amines) is 1. The summed E-state index contributed by atoms with van der Waals surface area (Å²) in [5, 5.41) is 10.9. The third-order valence-electron chi connectivity index (χ3n) is 5.18. The lowest BCUT2D eigenvalue weighted by Crippen LogP contribution is -2.45. The maximum absolute atomic E-state index is 12.1. The standard InChI is InChI=1S/C17H28BrN5O.ClH/c1-12-16(18)15(22(2)21-12)11-23-8-4-5-13(10-23)9-20-17(24)14-6-3-7-19-14;/h13-14,19H,3-11H2,1-2H3,(H,20,24);1H. The van der Waals surface area contributed by atoms with Gasteiger partial charge in [0.1, 0.15) is 0 Å². The van der Waals surface area contributed by atoms with Crippen molar-refractivity contribution in [3.05, 3.63) is 15.9 Å². The molecule has 0 radical (unpaired) electrons. The van der Waals surface area contributed by atoms with E-state index in [4.69, 9.17) is 0 Å². The molecule has 2 unspecified atom stereocenters. The molecule has 2 atom stereocenters. The van der Waals surface area contributed by atoms with Gasteiger partial charge in [-0.15, -0.1) is 12.4 Å². The molecule has 8 heteroatoms. The molecule has 0 aromatic carbocycles. The van der Waals surface area contributed by atoms with Crippen molar-refractivity contribution >= 4 is 34.2 Å². The fourth-order valence-electron chi connectivity index (χ4n) is 3.80. The summed E-state index contributed by atoms with van der Waals surface area (Å²) in [7, 11) is 2.00. The number of piperidine rings is 1. The highest BCUT2D eigenvalue weighted by Gasteiger charge is 2.25. The Hall–Kier alpha value is -0.630. The zero-order valence-corrected chi connectivity index (χ0v) is 17.5. The predicted molar refractivity (Wildman–Crippen MR) is 105 cm³/mol. The van der Waals surface area contributed by atoms with Crippen LogP contribution in [0.4, 0.5) is 0 Å². The van der Waals surface area contributed by atoms with E-state index >= 15 is 0 Å². The molecule has 142 valence electrons. The molecule has 2 fully saturated rings. The molecule has 0 bridgehead atoms. The van der Waals surface area contributed by atoms with Gasteiger partial charge in [0.05, 0.1) is 21.9 Å². The number of hydrogen-bond acceptors (Lipinski definition) is 4. The van der Waals surface area contributed by atoms with Crippen LogP contribution in [0.3, 0.4) is 0 Å². The molecule has 2 aliphatic rings. The van der Waals surface area contributed by atoms with Crippen molar-refractivity contribution in [2.45, 2.75) is 45.2 Å². The highest BCUT2D eigenvalue weighted by Crippen LogP contribution is 2.24. The third-order valence-corrected chi connectivity index (χ3v) is 6.21. The van der Waals surface area contributed by atoms with Crippen molar-refractivity contribution in [1.29, 1.82) is 0 Å². The van der Waals surface area contributed by atoms with E-state index in [0.29, 0.717) is 5.92 Å². The van der Waals surface area contributed by atoms with E-state index in [0.717, 1.165) is 55.7 Å². The number of carbonyl (C=O) groups is 1. The van der Waals surface area contributed by atoms with Gasteiger partial charge in [-0.1, -0.05) is 0 Å². The Labute approximate surface area is 164 Å². The number of aromatic nitrogens is 2. The lowest BCUT2D eigenvalue weighted by molar-refractivity contribution is -0.123. The van der Waals surface area contributed by atoms with Gasteiger partial charge in [-0.2, -0.15) is 5.10 Å². The summed E-state index contributed by atoms with van der Waals surface area (Å²) >= 11 is 3.66. The summed E-state index contributed by atoms with van der Waals surface area (Å²) in [5.41, 5.74) is 2.27. The predicted octanol–water partition coefficient (Wildman–Crippen LogP) is 1.99. The molecule has 3 rings (SSSR count). The van der Waals surface area contributed by atoms with Crippen LogP contribution in [-0.2, 0) is 18.4 Å². The second kappa shape index (κ2) is 9.35. The van der Waals surface area contributed by atoms with E-state index in [2.05, 4.69) is 36.6 Å². The Morgan fingerprint density at radius 3 is 2.84 bits per heavy atom. The van der Waals surface area contributed by atoms with E-state index < -0.39 is 0 Å². The van der Waals surface area contributed by atoms with Crippen molar-refractivity contribution in [3.8, 4) is 0 Å². The SMILES string of the molecule is Cc1nn(C)c(CN2CCCC(CNC(=O)C3CCCN3)C2)c1Br.Cl. The minimum absolute atomic E-state index is 0. The maximum Gasteiger partial charge on any atom is 0.237 e. The number of hydrogen-bond donors (Lipinski definition) is 2. The fraction of sp³-hybridized carbons (Fsp3) is 0.765. The minimum Gasteiger partial charge on any atom is -0.354 e. The zero-order valence-electron chi connectivity index (χ0n) is 15.1. The first kappa shape index (κ1) is 20.7. The quantitative estimate of drug-likeness (QED) is 0.744. The van der Waals surface area contributed by atoms with E-state index in [1.54, 1.807) is 0 Å². The first-order valence-corrected chi connectivity index (χ1v) is 9.75. The van der Waals surface area contributed by atoms with Gasteiger partial charge in [0.2, 0.25) is 5.91 Å². The fourth-order valence-corrected chi connectivity index (χ4v) is 4.26. The van der Waals surface area contributed by atoms with Gasteiger partial charge >= 0.3 is 0 Å². The number of nitrogens with zero attached hydrogens (tertiary/aromatic N) is 3. The number of rotatable bonds is 5. The Kier molecular flexibility index (Phi) is 7.73. The molecule has 0 saturated carbocycles. The molecule has 1 aromatic heterocycles. The molecule has 2 aliphatic heterocycles. The van der Waals surface area contributed by atoms with Crippen LogP contribution >= 0.6 is 28.3 Å². The number of nitrogens with one attached hydrogen (secondary N) is 2. The summed E-state index contributed by atoms with van der Waals surface area (Å²) in [6.07, 6.45) is 4.46. The minimum atomic E-state index is 0. The van der Waals surface area contributed by atoms with Gasteiger partial charge in [-0.25, -0.2) is 0 Å². The third kappa shape index (κ3) is 5.18. The van der Waals surface area contributed by atoms with Gasteiger partial charge in [-0.05, 0) is 67.5 Å². The summed E-state index contributed by atoms with van der Waals surface area (Å²) in [6.45, 7) is 6.85. The van der Waals surface area contributed by atoms with E-state index in [1.165, 1.54) is 18.5 Å². The summed E-state index contributed by atoms with van der Waals surface area (Å²) in [6, 6.07) is 0.0260. The summed E-state index contributed by atoms with van der Waals surface area (Å²) < 4.78 is 3.09. The monoisotopic (exact) mass is 433 g/mol. The molecule has 0 spiro atoms. The first-order chi connectivity index (χ1) is 11.5. The van der Waals surface area contributed by atoms with Crippen LogP contribution in [0, 0.1) is 12.8 Å². The average Bonchev–Trinajstić information content (AvgIpc) is 3.18.